The number of esters is 1. The number of rotatable bonds is 2. The van der Waals surface area contributed by atoms with E-state index in [1.54, 1.807) is 0 Å². The van der Waals surface area contributed by atoms with Gasteiger partial charge in [-0.15, -0.1) is 0 Å². The van der Waals surface area contributed by atoms with E-state index >= 15 is 0 Å². The number of carbonyl (C=O) groups is 2. The molecule has 2 atom stereocenters. The molecule has 0 aromatic heterocycles. The van der Waals surface area contributed by atoms with Gasteiger partial charge >= 0.3 is 5.97 Å². The van der Waals surface area contributed by atoms with E-state index < -0.39 is 0 Å². The van der Waals surface area contributed by atoms with Crippen LogP contribution in [-0.4, -0.2) is 35.5 Å². The Morgan fingerprint density at radius 2 is 2.24 bits per heavy atom. The van der Waals surface area contributed by atoms with Crippen LogP contribution < -0.4 is 5.32 Å². The Morgan fingerprint density at radius 3 is 2.90 bits per heavy atom. The zero-order valence-electron chi connectivity index (χ0n) is 12.4. The largest absolute Gasteiger partial charge is 0.461 e. The van der Waals surface area contributed by atoms with Gasteiger partial charge in [0.1, 0.15) is 12.1 Å². The fraction of sp³-hybridized carbons (Fsp3) is 0.500. The third kappa shape index (κ3) is 2.78. The summed E-state index contributed by atoms with van der Waals surface area (Å²) in [6.45, 7) is 5.00. The summed E-state index contributed by atoms with van der Waals surface area (Å²) < 4.78 is 5.25. The van der Waals surface area contributed by atoms with Gasteiger partial charge in [0.05, 0.1) is 0 Å². The molecule has 0 bridgehead atoms. The van der Waals surface area contributed by atoms with Crippen LogP contribution in [0.5, 0.6) is 0 Å². The van der Waals surface area contributed by atoms with E-state index in [9.17, 15) is 9.59 Å². The zero-order chi connectivity index (χ0) is 15.0. The van der Waals surface area contributed by atoms with Crippen molar-refractivity contribution in [3.8, 4) is 0 Å². The van der Waals surface area contributed by atoms with E-state index in [1.807, 2.05) is 19.1 Å². The minimum Gasteiger partial charge on any atom is -0.461 e. The third-order valence-electron chi connectivity index (χ3n) is 4.19. The van der Waals surface area contributed by atoms with Crippen LogP contribution in [-0.2, 0) is 27.3 Å². The molecule has 0 radical (unpaired) electrons. The molecule has 2 aliphatic rings. The summed E-state index contributed by atoms with van der Waals surface area (Å²) in [7, 11) is 0. The molecule has 1 aromatic rings. The Hall–Kier alpha value is -1.88. The number of ether oxygens (including phenoxy) is 1. The van der Waals surface area contributed by atoms with Crippen LogP contribution in [0.1, 0.15) is 31.4 Å². The molecular weight excluding hydrogens is 268 g/mol. The number of cyclic esters (lactones) is 1. The molecule has 5 heteroatoms. The predicted octanol–water partition coefficient (Wildman–Crippen LogP) is 1.71. The van der Waals surface area contributed by atoms with Crippen molar-refractivity contribution >= 4 is 17.6 Å². The van der Waals surface area contributed by atoms with Gasteiger partial charge in [-0.05, 0) is 30.5 Å². The third-order valence-corrected chi connectivity index (χ3v) is 4.19. The van der Waals surface area contributed by atoms with Crippen molar-refractivity contribution in [1.82, 2.24) is 4.90 Å². The monoisotopic (exact) mass is 288 g/mol. The molecule has 0 aliphatic carbocycles. The number of fused-ring (bicyclic) bond motifs is 1. The number of nitrogens with one attached hydrogen (secondary N) is 1. The van der Waals surface area contributed by atoms with Crippen molar-refractivity contribution in [2.75, 3.05) is 11.9 Å². The summed E-state index contributed by atoms with van der Waals surface area (Å²) in [5.74, 6) is -0.164. The zero-order valence-corrected chi connectivity index (χ0v) is 12.4. The van der Waals surface area contributed by atoms with Crippen molar-refractivity contribution < 1.29 is 14.3 Å². The van der Waals surface area contributed by atoms with Gasteiger partial charge in [-0.3, -0.25) is 14.5 Å². The lowest BCUT2D eigenvalue weighted by Crippen LogP contribution is -2.42. The van der Waals surface area contributed by atoms with Crippen LogP contribution in [0.15, 0.2) is 18.2 Å². The quantitative estimate of drug-likeness (QED) is 0.842. The second kappa shape index (κ2) is 5.48. The molecule has 0 spiro atoms. The fourth-order valence-electron chi connectivity index (χ4n) is 3.24. The first-order valence-corrected chi connectivity index (χ1v) is 7.37. The highest BCUT2D eigenvalue weighted by Gasteiger charge is 2.37. The van der Waals surface area contributed by atoms with Crippen molar-refractivity contribution in [3.05, 3.63) is 29.3 Å². The summed E-state index contributed by atoms with van der Waals surface area (Å²) in [6.07, 6.45) is 1.61. The SMILES string of the molecule is CC(=O)Nc1cccc2c1CCN([C@@H]1C[C@@H](C)OC1=O)C2. The van der Waals surface area contributed by atoms with Crippen molar-refractivity contribution in [3.63, 3.8) is 0 Å². The molecule has 3 rings (SSSR count). The van der Waals surface area contributed by atoms with Crippen LogP contribution in [0.2, 0.25) is 0 Å². The number of carbonyl (C=O) groups excluding carboxylic acids is 2. The first-order valence-electron chi connectivity index (χ1n) is 7.37. The Labute approximate surface area is 124 Å². The van der Waals surface area contributed by atoms with Gasteiger partial charge in [0.25, 0.3) is 0 Å². The maximum atomic E-state index is 11.9. The molecule has 0 saturated carbocycles. The van der Waals surface area contributed by atoms with Gasteiger partial charge < -0.3 is 10.1 Å². The molecule has 21 heavy (non-hydrogen) atoms. The second-order valence-corrected chi connectivity index (χ2v) is 5.84. The van der Waals surface area contributed by atoms with E-state index in [4.69, 9.17) is 4.74 Å². The maximum absolute atomic E-state index is 11.9. The second-order valence-electron chi connectivity index (χ2n) is 5.84. The number of anilines is 1. The highest BCUT2D eigenvalue weighted by Crippen LogP contribution is 2.30. The van der Waals surface area contributed by atoms with Crippen LogP contribution in [0, 0.1) is 0 Å². The molecule has 1 saturated heterocycles. The van der Waals surface area contributed by atoms with E-state index in [-0.39, 0.29) is 24.0 Å². The summed E-state index contributed by atoms with van der Waals surface area (Å²) in [4.78, 5) is 25.3. The molecule has 1 fully saturated rings. The van der Waals surface area contributed by atoms with Crippen LogP contribution in [0.4, 0.5) is 5.69 Å². The van der Waals surface area contributed by atoms with Crippen LogP contribution in [0.25, 0.3) is 0 Å². The normalized spacial score (nSPS) is 25.3. The summed E-state index contributed by atoms with van der Waals surface area (Å²) in [5.41, 5.74) is 3.25. The van der Waals surface area contributed by atoms with Gasteiger partial charge in [-0.1, -0.05) is 12.1 Å². The lowest BCUT2D eigenvalue weighted by Gasteiger charge is -2.32. The first-order chi connectivity index (χ1) is 10.0. The molecule has 112 valence electrons. The number of amides is 1. The Balaban J connectivity index is 1.80. The highest BCUT2D eigenvalue weighted by molar-refractivity contribution is 5.89. The summed E-state index contributed by atoms with van der Waals surface area (Å²) >= 11 is 0. The average Bonchev–Trinajstić information content (AvgIpc) is 2.77. The smallest absolute Gasteiger partial charge is 0.323 e. The Kier molecular flexibility index (Phi) is 3.68. The molecule has 0 unspecified atom stereocenters. The average molecular weight is 288 g/mol. The molecule has 2 heterocycles. The van der Waals surface area contributed by atoms with Gasteiger partial charge in [0.15, 0.2) is 0 Å². The molecule has 1 N–H and O–H groups in total. The van der Waals surface area contributed by atoms with E-state index in [0.717, 1.165) is 31.6 Å². The molecule has 1 aromatic carbocycles. The Bertz CT molecular complexity index is 585. The van der Waals surface area contributed by atoms with Crippen molar-refractivity contribution in [2.24, 2.45) is 0 Å². The van der Waals surface area contributed by atoms with Crippen LogP contribution in [0.3, 0.4) is 0 Å². The lowest BCUT2D eigenvalue weighted by atomic mass is 9.96. The topological polar surface area (TPSA) is 58.6 Å². The van der Waals surface area contributed by atoms with E-state index in [2.05, 4.69) is 16.3 Å². The summed E-state index contributed by atoms with van der Waals surface area (Å²) in [5, 5.41) is 2.88. The van der Waals surface area contributed by atoms with Gasteiger partial charge in [-0.25, -0.2) is 0 Å². The summed E-state index contributed by atoms with van der Waals surface area (Å²) in [6, 6.07) is 5.82. The standard InChI is InChI=1S/C16H20N2O3/c1-10-8-15(16(20)21-10)18-7-6-13-12(9-18)4-3-5-14(13)17-11(2)19/h3-5,10,15H,6-9H2,1-2H3,(H,17,19)/t10-,15-/m1/s1. The minimum atomic E-state index is -0.127. The number of benzene rings is 1. The number of nitrogens with zero attached hydrogens (tertiary/aromatic N) is 1. The molecule has 5 nitrogen and oxygen atoms in total. The fourth-order valence-corrected chi connectivity index (χ4v) is 3.24. The lowest BCUT2D eigenvalue weighted by molar-refractivity contribution is -0.145. The predicted molar refractivity (Wildman–Crippen MR) is 78.8 cm³/mol. The van der Waals surface area contributed by atoms with Gasteiger partial charge in [-0.2, -0.15) is 0 Å². The first kappa shape index (κ1) is 14.1. The van der Waals surface area contributed by atoms with E-state index in [0.29, 0.717) is 0 Å². The van der Waals surface area contributed by atoms with E-state index in [1.165, 1.54) is 18.1 Å². The molecular formula is C16H20N2O3. The van der Waals surface area contributed by atoms with Crippen molar-refractivity contribution in [2.45, 2.75) is 45.4 Å². The number of hydrogen-bond acceptors (Lipinski definition) is 4. The van der Waals surface area contributed by atoms with Crippen LogP contribution >= 0.6 is 0 Å². The Morgan fingerprint density at radius 1 is 1.43 bits per heavy atom. The molecule has 2 aliphatic heterocycles. The number of hydrogen-bond donors (Lipinski definition) is 1. The minimum absolute atomic E-state index is 0.00890. The van der Waals surface area contributed by atoms with Gasteiger partial charge in [0.2, 0.25) is 5.91 Å². The molecule has 1 amide bonds. The van der Waals surface area contributed by atoms with Gasteiger partial charge in [0, 0.05) is 32.1 Å². The maximum Gasteiger partial charge on any atom is 0.323 e. The van der Waals surface area contributed by atoms with Crippen molar-refractivity contribution in [1.29, 1.82) is 0 Å². The highest BCUT2D eigenvalue weighted by atomic mass is 16.6.